The number of nitrogens with one attached hydrogen (secondary N) is 2. The number of ether oxygens (including phenoxy) is 1. The highest BCUT2D eigenvalue weighted by Crippen LogP contribution is 2.26. The molecule has 0 radical (unpaired) electrons. The highest BCUT2D eigenvalue weighted by atomic mass is 127. The van der Waals surface area contributed by atoms with E-state index in [9.17, 15) is 5.11 Å². The monoisotopic (exact) mass is 421 g/mol. The predicted octanol–water partition coefficient (Wildman–Crippen LogP) is 3.12. The lowest BCUT2D eigenvalue weighted by Gasteiger charge is -2.20. The summed E-state index contributed by atoms with van der Waals surface area (Å²) in [5.74, 6) is 1.92. The number of methoxy groups -OCH3 is 1. The van der Waals surface area contributed by atoms with Crippen LogP contribution in [0, 0.1) is 5.92 Å². The van der Waals surface area contributed by atoms with Crippen molar-refractivity contribution in [2.75, 3.05) is 13.7 Å². The highest BCUT2D eigenvalue weighted by molar-refractivity contribution is 14.0. The summed E-state index contributed by atoms with van der Waals surface area (Å²) in [5, 5.41) is 16.4. The van der Waals surface area contributed by atoms with E-state index in [4.69, 9.17) is 4.74 Å². The van der Waals surface area contributed by atoms with Gasteiger partial charge in [0, 0.05) is 12.6 Å². The van der Waals surface area contributed by atoms with Gasteiger partial charge in [-0.3, -0.25) is 0 Å². The number of hydrogen-bond donors (Lipinski definition) is 3. The van der Waals surface area contributed by atoms with Crippen LogP contribution >= 0.6 is 24.0 Å². The molecule has 3 N–H and O–H groups in total. The van der Waals surface area contributed by atoms with Gasteiger partial charge in [-0.2, -0.15) is 0 Å². The Balaban J connectivity index is 0.00000441. The maximum Gasteiger partial charge on any atom is 0.191 e. The van der Waals surface area contributed by atoms with Crippen LogP contribution < -0.4 is 15.4 Å². The average molecular weight is 421 g/mol. The first kappa shape index (κ1) is 20.8. The Kier molecular flexibility index (Phi) is 9.97. The third-order valence-corrected chi connectivity index (χ3v) is 3.37. The van der Waals surface area contributed by atoms with Gasteiger partial charge in [0.2, 0.25) is 0 Å². The fourth-order valence-corrected chi connectivity index (χ4v) is 1.71. The fraction of sp³-hybridized carbons (Fsp3) is 0.562. The molecule has 0 aliphatic rings. The van der Waals surface area contributed by atoms with Gasteiger partial charge < -0.3 is 20.5 Å². The summed E-state index contributed by atoms with van der Waals surface area (Å²) < 4.78 is 5.03. The first-order valence-corrected chi connectivity index (χ1v) is 7.38. The maximum atomic E-state index is 9.77. The Hall–Kier alpha value is -1.18. The van der Waals surface area contributed by atoms with Gasteiger partial charge in [0.15, 0.2) is 17.5 Å². The molecule has 0 bridgehead atoms. The molecular weight excluding hydrogens is 393 g/mol. The lowest BCUT2D eigenvalue weighted by molar-refractivity contribution is 0.373. The van der Waals surface area contributed by atoms with Gasteiger partial charge in [-0.05, 0) is 37.5 Å². The van der Waals surface area contributed by atoms with E-state index in [1.54, 1.807) is 12.1 Å². The largest absolute Gasteiger partial charge is 0.504 e. The topological polar surface area (TPSA) is 65.9 Å². The molecule has 0 fully saturated rings. The van der Waals surface area contributed by atoms with Gasteiger partial charge in [0.1, 0.15) is 0 Å². The summed E-state index contributed by atoms with van der Waals surface area (Å²) >= 11 is 0. The van der Waals surface area contributed by atoms with Crippen LogP contribution in [0.4, 0.5) is 0 Å². The van der Waals surface area contributed by atoms with Crippen LogP contribution in [0.3, 0.4) is 0 Å². The molecule has 1 rings (SSSR count). The molecule has 1 unspecified atom stereocenters. The van der Waals surface area contributed by atoms with Gasteiger partial charge in [-0.15, -0.1) is 24.0 Å². The average Bonchev–Trinajstić information content (AvgIpc) is 2.45. The van der Waals surface area contributed by atoms with Crippen molar-refractivity contribution in [3.63, 3.8) is 0 Å². The van der Waals surface area contributed by atoms with E-state index in [0.717, 1.165) is 18.1 Å². The number of aromatic hydroxyl groups is 1. The van der Waals surface area contributed by atoms with Gasteiger partial charge in [-0.25, -0.2) is 4.99 Å². The van der Waals surface area contributed by atoms with Crippen LogP contribution in [-0.2, 0) is 6.54 Å². The maximum absolute atomic E-state index is 9.77. The summed E-state index contributed by atoms with van der Waals surface area (Å²) in [4.78, 5) is 4.55. The van der Waals surface area contributed by atoms with Crippen molar-refractivity contribution in [3.8, 4) is 11.5 Å². The van der Waals surface area contributed by atoms with Crippen molar-refractivity contribution in [3.05, 3.63) is 23.8 Å². The number of guanidine groups is 1. The van der Waals surface area contributed by atoms with Gasteiger partial charge in [-0.1, -0.05) is 19.9 Å². The van der Waals surface area contributed by atoms with Crippen LogP contribution in [0.25, 0.3) is 0 Å². The third-order valence-electron chi connectivity index (χ3n) is 3.37. The van der Waals surface area contributed by atoms with E-state index in [0.29, 0.717) is 24.3 Å². The predicted molar refractivity (Wildman–Crippen MR) is 102 cm³/mol. The smallest absolute Gasteiger partial charge is 0.191 e. The lowest BCUT2D eigenvalue weighted by Crippen LogP contribution is -2.44. The number of phenolic OH excluding ortho intramolecular Hbond substituents is 1. The van der Waals surface area contributed by atoms with Crippen LogP contribution in [0.5, 0.6) is 11.5 Å². The number of halogens is 1. The van der Waals surface area contributed by atoms with E-state index in [-0.39, 0.29) is 29.7 Å². The quantitative estimate of drug-likeness (QED) is 0.375. The Morgan fingerprint density at radius 2 is 2.00 bits per heavy atom. The first-order chi connectivity index (χ1) is 9.97. The highest BCUT2D eigenvalue weighted by Gasteiger charge is 2.09. The Bertz CT molecular complexity index is 478. The molecule has 1 atom stereocenters. The standard InChI is InChI=1S/C16H27N3O2.HI/c1-6-17-16(19-12(4)11(2)3)18-10-13-7-8-15(21-5)14(20)9-13;/h7-9,11-12,20H,6,10H2,1-5H3,(H2,17,18,19);1H. The number of benzene rings is 1. The summed E-state index contributed by atoms with van der Waals surface area (Å²) in [6, 6.07) is 5.67. The molecule has 5 nitrogen and oxygen atoms in total. The number of rotatable bonds is 6. The molecule has 1 aromatic carbocycles. The zero-order valence-electron chi connectivity index (χ0n) is 14.0. The number of hydrogen-bond acceptors (Lipinski definition) is 3. The fourth-order valence-electron chi connectivity index (χ4n) is 1.71. The summed E-state index contributed by atoms with van der Waals surface area (Å²) in [7, 11) is 1.54. The van der Waals surface area contributed by atoms with E-state index in [1.165, 1.54) is 7.11 Å². The first-order valence-electron chi connectivity index (χ1n) is 7.38. The molecule has 1 aromatic rings. The van der Waals surface area contributed by atoms with Crippen LogP contribution in [0.1, 0.15) is 33.3 Å². The van der Waals surface area contributed by atoms with Crippen molar-refractivity contribution in [2.24, 2.45) is 10.9 Å². The van der Waals surface area contributed by atoms with Crippen LogP contribution in [0.2, 0.25) is 0 Å². The van der Waals surface area contributed by atoms with Gasteiger partial charge in [0.05, 0.1) is 13.7 Å². The zero-order chi connectivity index (χ0) is 15.8. The second kappa shape index (κ2) is 10.5. The lowest BCUT2D eigenvalue weighted by atomic mass is 10.1. The molecule has 0 aromatic heterocycles. The van der Waals surface area contributed by atoms with Crippen LogP contribution in [-0.4, -0.2) is 30.8 Å². The Labute approximate surface area is 150 Å². The minimum absolute atomic E-state index is 0. The van der Waals surface area contributed by atoms with E-state index >= 15 is 0 Å². The number of phenols is 1. The summed E-state index contributed by atoms with van der Waals surface area (Å²) in [6.07, 6.45) is 0. The second-order valence-electron chi connectivity index (χ2n) is 5.38. The molecule has 126 valence electrons. The summed E-state index contributed by atoms with van der Waals surface area (Å²) in [5.41, 5.74) is 0.933. The Morgan fingerprint density at radius 1 is 1.32 bits per heavy atom. The van der Waals surface area contributed by atoms with Crippen molar-refractivity contribution >= 4 is 29.9 Å². The molecular formula is C16H28IN3O2. The molecule has 0 aliphatic carbocycles. The molecule has 0 heterocycles. The third kappa shape index (κ3) is 6.72. The number of nitrogens with zero attached hydrogens (tertiary/aromatic N) is 1. The Morgan fingerprint density at radius 3 is 2.50 bits per heavy atom. The molecule has 0 saturated heterocycles. The zero-order valence-corrected chi connectivity index (χ0v) is 16.3. The minimum atomic E-state index is 0. The van der Waals surface area contributed by atoms with E-state index in [2.05, 4.69) is 36.4 Å². The molecule has 6 heteroatoms. The molecule has 0 amide bonds. The van der Waals surface area contributed by atoms with E-state index < -0.39 is 0 Å². The number of aliphatic imine (C=N–C) groups is 1. The molecule has 0 aliphatic heterocycles. The molecule has 0 saturated carbocycles. The molecule has 22 heavy (non-hydrogen) atoms. The second-order valence-corrected chi connectivity index (χ2v) is 5.38. The van der Waals surface area contributed by atoms with Gasteiger partial charge in [0.25, 0.3) is 0 Å². The van der Waals surface area contributed by atoms with Crippen LogP contribution in [0.15, 0.2) is 23.2 Å². The van der Waals surface area contributed by atoms with E-state index in [1.807, 2.05) is 13.0 Å². The minimum Gasteiger partial charge on any atom is -0.504 e. The van der Waals surface area contributed by atoms with Crippen molar-refractivity contribution in [1.82, 2.24) is 10.6 Å². The molecule has 0 spiro atoms. The van der Waals surface area contributed by atoms with Gasteiger partial charge >= 0.3 is 0 Å². The summed E-state index contributed by atoms with van der Waals surface area (Å²) in [6.45, 7) is 9.82. The van der Waals surface area contributed by atoms with Crippen molar-refractivity contribution < 1.29 is 9.84 Å². The van der Waals surface area contributed by atoms with Crippen molar-refractivity contribution in [2.45, 2.75) is 40.3 Å². The normalized spacial score (nSPS) is 12.5. The van der Waals surface area contributed by atoms with Crippen molar-refractivity contribution in [1.29, 1.82) is 0 Å². The SMILES string of the molecule is CCNC(=NCc1ccc(OC)c(O)c1)NC(C)C(C)C.I.